The van der Waals surface area contributed by atoms with E-state index in [1.54, 1.807) is 14.2 Å². The van der Waals surface area contributed by atoms with Crippen LogP contribution >= 0.6 is 24.0 Å². The third-order valence-corrected chi connectivity index (χ3v) is 3.25. The topological polar surface area (TPSA) is 64.1 Å². The van der Waals surface area contributed by atoms with Gasteiger partial charge >= 0.3 is 0 Å². The lowest BCUT2D eigenvalue weighted by Gasteiger charge is -2.16. The standard InChI is InChI=1S/C18H31N3O3.HI/c1-7-19-18(20-11-13(3)4)21-12-14-9-15(22-5)17(24-8-2)16(10-14)23-6;/h9-10,13H,7-8,11-12H2,1-6H3,(H2,19,20,21);1H. The predicted molar refractivity (Wildman–Crippen MR) is 114 cm³/mol. The highest BCUT2D eigenvalue weighted by molar-refractivity contribution is 14.0. The van der Waals surface area contributed by atoms with Crippen LogP contribution in [-0.4, -0.2) is 39.9 Å². The van der Waals surface area contributed by atoms with E-state index in [1.165, 1.54) is 0 Å². The third-order valence-electron chi connectivity index (χ3n) is 3.25. The molecule has 0 aliphatic heterocycles. The van der Waals surface area contributed by atoms with Crippen LogP contribution in [0.5, 0.6) is 17.2 Å². The van der Waals surface area contributed by atoms with Crippen LogP contribution in [0, 0.1) is 5.92 Å². The largest absolute Gasteiger partial charge is 0.493 e. The number of benzene rings is 1. The van der Waals surface area contributed by atoms with Crippen molar-refractivity contribution in [2.24, 2.45) is 10.9 Å². The second kappa shape index (κ2) is 12.9. The zero-order valence-corrected chi connectivity index (χ0v) is 18.5. The molecular weight excluding hydrogens is 433 g/mol. The first-order chi connectivity index (χ1) is 11.5. The smallest absolute Gasteiger partial charge is 0.203 e. The SMILES string of the molecule is CCNC(=NCc1cc(OC)c(OCC)c(OC)c1)NCC(C)C.I. The molecule has 0 heterocycles. The molecule has 1 aromatic carbocycles. The van der Waals surface area contributed by atoms with E-state index >= 15 is 0 Å². The molecule has 0 aromatic heterocycles. The van der Waals surface area contributed by atoms with Crippen molar-refractivity contribution in [1.29, 1.82) is 0 Å². The number of methoxy groups -OCH3 is 2. The van der Waals surface area contributed by atoms with Gasteiger partial charge in [0.25, 0.3) is 0 Å². The van der Waals surface area contributed by atoms with Gasteiger partial charge in [0.1, 0.15) is 0 Å². The summed E-state index contributed by atoms with van der Waals surface area (Å²) in [6, 6.07) is 3.87. The van der Waals surface area contributed by atoms with Gasteiger partial charge in [0.15, 0.2) is 17.5 Å². The number of nitrogens with zero attached hydrogens (tertiary/aromatic N) is 1. The molecule has 0 aliphatic carbocycles. The number of aliphatic imine (C=N–C) groups is 1. The number of guanidine groups is 1. The van der Waals surface area contributed by atoms with Crippen LogP contribution < -0.4 is 24.8 Å². The van der Waals surface area contributed by atoms with Gasteiger partial charge in [-0.3, -0.25) is 0 Å². The van der Waals surface area contributed by atoms with Crippen LogP contribution in [0.25, 0.3) is 0 Å². The van der Waals surface area contributed by atoms with Crippen LogP contribution in [0.3, 0.4) is 0 Å². The first-order valence-electron chi connectivity index (χ1n) is 8.45. The number of halogens is 1. The molecule has 6 nitrogen and oxygen atoms in total. The highest BCUT2D eigenvalue weighted by atomic mass is 127. The fraction of sp³-hybridized carbons (Fsp3) is 0.611. The molecule has 1 aromatic rings. The molecule has 0 unspecified atom stereocenters. The van der Waals surface area contributed by atoms with Crippen molar-refractivity contribution < 1.29 is 14.2 Å². The van der Waals surface area contributed by atoms with Gasteiger partial charge in [-0.25, -0.2) is 4.99 Å². The molecule has 0 saturated carbocycles. The minimum Gasteiger partial charge on any atom is -0.493 e. The zero-order chi connectivity index (χ0) is 17.9. The van der Waals surface area contributed by atoms with Crippen LogP contribution in [0.4, 0.5) is 0 Å². The summed E-state index contributed by atoms with van der Waals surface area (Å²) in [6.45, 7) is 11.1. The van der Waals surface area contributed by atoms with E-state index < -0.39 is 0 Å². The van der Waals surface area contributed by atoms with Gasteiger partial charge in [-0.1, -0.05) is 13.8 Å². The summed E-state index contributed by atoms with van der Waals surface area (Å²) in [4.78, 5) is 4.62. The molecule has 25 heavy (non-hydrogen) atoms. The average Bonchev–Trinajstić information content (AvgIpc) is 2.57. The van der Waals surface area contributed by atoms with E-state index in [0.717, 1.165) is 24.6 Å². The van der Waals surface area contributed by atoms with Crippen molar-refractivity contribution in [3.05, 3.63) is 17.7 Å². The van der Waals surface area contributed by atoms with E-state index in [-0.39, 0.29) is 24.0 Å². The maximum absolute atomic E-state index is 5.62. The van der Waals surface area contributed by atoms with E-state index in [0.29, 0.717) is 36.3 Å². The highest BCUT2D eigenvalue weighted by Gasteiger charge is 2.13. The Labute approximate surface area is 168 Å². The molecule has 0 bridgehead atoms. The maximum Gasteiger partial charge on any atom is 0.203 e. The second-order valence-electron chi connectivity index (χ2n) is 5.73. The summed E-state index contributed by atoms with van der Waals surface area (Å²) in [5, 5.41) is 6.58. The van der Waals surface area contributed by atoms with E-state index in [2.05, 4.69) is 36.4 Å². The summed E-state index contributed by atoms with van der Waals surface area (Å²) in [7, 11) is 3.25. The number of rotatable bonds is 9. The quantitative estimate of drug-likeness (QED) is 0.333. The predicted octanol–water partition coefficient (Wildman–Crippen LogP) is 3.43. The molecule has 0 aliphatic rings. The molecule has 0 atom stereocenters. The summed E-state index contributed by atoms with van der Waals surface area (Å²) < 4.78 is 16.5. The summed E-state index contributed by atoms with van der Waals surface area (Å²) >= 11 is 0. The van der Waals surface area contributed by atoms with Gasteiger partial charge in [0, 0.05) is 13.1 Å². The molecule has 1 rings (SSSR count). The number of hydrogen-bond acceptors (Lipinski definition) is 4. The van der Waals surface area contributed by atoms with Gasteiger partial charge in [-0.15, -0.1) is 24.0 Å². The van der Waals surface area contributed by atoms with Crippen LogP contribution in [-0.2, 0) is 6.54 Å². The third kappa shape index (κ3) is 8.02. The lowest BCUT2D eigenvalue weighted by molar-refractivity contribution is 0.288. The summed E-state index contributed by atoms with van der Waals surface area (Å²) in [5.41, 5.74) is 0.994. The first-order valence-corrected chi connectivity index (χ1v) is 8.45. The normalized spacial score (nSPS) is 10.9. The maximum atomic E-state index is 5.62. The average molecular weight is 465 g/mol. The fourth-order valence-corrected chi connectivity index (χ4v) is 2.12. The zero-order valence-electron chi connectivity index (χ0n) is 16.1. The number of nitrogens with one attached hydrogen (secondary N) is 2. The molecule has 7 heteroatoms. The Morgan fingerprint density at radius 3 is 2.12 bits per heavy atom. The van der Waals surface area contributed by atoms with Crippen molar-refractivity contribution in [1.82, 2.24) is 10.6 Å². The van der Waals surface area contributed by atoms with Crippen LogP contribution in [0.15, 0.2) is 17.1 Å². The van der Waals surface area contributed by atoms with Crippen molar-refractivity contribution in [2.45, 2.75) is 34.2 Å². The van der Waals surface area contributed by atoms with Crippen LogP contribution in [0.2, 0.25) is 0 Å². The monoisotopic (exact) mass is 465 g/mol. The Hall–Kier alpha value is -1.38. The van der Waals surface area contributed by atoms with Crippen molar-refractivity contribution in [2.75, 3.05) is 33.9 Å². The molecular formula is C18H32IN3O3. The Morgan fingerprint density at radius 2 is 1.68 bits per heavy atom. The van der Waals surface area contributed by atoms with Gasteiger partial charge < -0.3 is 24.8 Å². The first kappa shape index (κ1) is 23.6. The van der Waals surface area contributed by atoms with Crippen molar-refractivity contribution >= 4 is 29.9 Å². The van der Waals surface area contributed by atoms with Crippen LogP contribution in [0.1, 0.15) is 33.3 Å². The number of ether oxygens (including phenoxy) is 3. The van der Waals surface area contributed by atoms with E-state index in [9.17, 15) is 0 Å². The lowest BCUT2D eigenvalue weighted by atomic mass is 10.2. The van der Waals surface area contributed by atoms with E-state index in [1.807, 2.05) is 19.1 Å². The molecule has 2 N–H and O–H groups in total. The van der Waals surface area contributed by atoms with Crippen molar-refractivity contribution in [3.8, 4) is 17.2 Å². The number of hydrogen-bond donors (Lipinski definition) is 2. The summed E-state index contributed by atoms with van der Waals surface area (Å²) in [6.07, 6.45) is 0. The Kier molecular flexibility index (Phi) is 12.2. The molecule has 144 valence electrons. The molecule has 0 fully saturated rings. The minimum absolute atomic E-state index is 0. The highest BCUT2D eigenvalue weighted by Crippen LogP contribution is 2.38. The second-order valence-corrected chi connectivity index (χ2v) is 5.73. The molecule has 0 saturated heterocycles. The Morgan fingerprint density at radius 1 is 1.08 bits per heavy atom. The van der Waals surface area contributed by atoms with Gasteiger partial charge in [-0.2, -0.15) is 0 Å². The Balaban J connectivity index is 0.00000576. The molecule has 0 amide bonds. The van der Waals surface area contributed by atoms with Gasteiger partial charge in [-0.05, 0) is 37.5 Å². The molecule has 0 spiro atoms. The summed E-state index contributed by atoms with van der Waals surface area (Å²) in [5.74, 6) is 3.29. The van der Waals surface area contributed by atoms with Gasteiger partial charge in [0.2, 0.25) is 5.75 Å². The lowest BCUT2D eigenvalue weighted by Crippen LogP contribution is -2.39. The molecule has 0 radical (unpaired) electrons. The minimum atomic E-state index is 0. The Bertz CT molecular complexity index is 511. The van der Waals surface area contributed by atoms with Gasteiger partial charge in [0.05, 0.1) is 27.4 Å². The van der Waals surface area contributed by atoms with Crippen molar-refractivity contribution in [3.63, 3.8) is 0 Å². The van der Waals surface area contributed by atoms with E-state index in [4.69, 9.17) is 14.2 Å². The fourth-order valence-electron chi connectivity index (χ4n) is 2.12.